The van der Waals surface area contributed by atoms with Crippen molar-refractivity contribution in [1.29, 1.82) is 0 Å². The van der Waals surface area contributed by atoms with Gasteiger partial charge in [-0.3, -0.25) is 4.79 Å². The van der Waals surface area contributed by atoms with Crippen LogP contribution in [-0.4, -0.2) is 12.1 Å². The number of rotatable bonds is 6. The largest absolute Gasteiger partial charge is 0.399 e. The molecule has 4 rings (SSSR count). The van der Waals surface area contributed by atoms with E-state index in [1.165, 1.54) is 24.3 Å². The third-order valence-electron chi connectivity index (χ3n) is 5.51. The Morgan fingerprint density at radius 3 is 2.31 bits per heavy atom. The molecule has 0 aliphatic heterocycles. The number of carbonyl (C=O) groups is 1. The fraction of sp³-hybridized carbons (Fsp3) is 0.240. The van der Waals surface area contributed by atoms with Gasteiger partial charge in [-0.25, -0.2) is 0 Å². The van der Waals surface area contributed by atoms with Crippen molar-refractivity contribution >= 4 is 46.0 Å². The molecule has 7 heteroatoms. The number of nitrogens with one attached hydrogen (secondary N) is 1. The maximum Gasteiger partial charge on any atom is 0.399 e. The summed E-state index contributed by atoms with van der Waals surface area (Å²) in [6.45, 7) is 0.381. The molecule has 2 nitrogen and oxygen atoms in total. The normalized spacial score (nSPS) is 15.3. The third kappa shape index (κ3) is 5.28. The molecule has 1 N–H and O–H groups in total. The van der Waals surface area contributed by atoms with Gasteiger partial charge in [0.15, 0.2) is 0 Å². The quantitative estimate of drug-likeness (QED) is 0.390. The van der Waals surface area contributed by atoms with Crippen LogP contribution in [0, 0.1) is 5.92 Å². The number of amides is 1. The van der Waals surface area contributed by atoms with Gasteiger partial charge in [0.25, 0.3) is 0 Å². The summed E-state index contributed by atoms with van der Waals surface area (Å²) in [5, 5.41) is 4.95. The van der Waals surface area contributed by atoms with Gasteiger partial charge >= 0.3 is 6.18 Å². The van der Waals surface area contributed by atoms with Crippen molar-refractivity contribution in [3.63, 3.8) is 0 Å². The van der Waals surface area contributed by atoms with E-state index in [2.05, 4.69) is 5.32 Å². The molecule has 0 bridgehead atoms. The van der Waals surface area contributed by atoms with Gasteiger partial charge in [-0.15, -0.1) is 0 Å². The van der Waals surface area contributed by atoms with Crippen LogP contribution in [0.3, 0.4) is 0 Å². The van der Waals surface area contributed by atoms with E-state index in [-0.39, 0.29) is 27.4 Å². The molecular formula is C25H20Cl2F3NO. The number of fused-ring (bicyclic) bond motifs is 1. The lowest BCUT2D eigenvalue weighted by atomic mass is 9.95. The summed E-state index contributed by atoms with van der Waals surface area (Å²) in [6, 6.07) is 15.0. The van der Waals surface area contributed by atoms with Gasteiger partial charge < -0.3 is 5.32 Å². The Morgan fingerprint density at radius 1 is 1.03 bits per heavy atom. The minimum absolute atomic E-state index is 0.0186. The Hall–Kier alpha value is -2.50. The van der Waals surface area contributed by atoms with Crippen molar-refractivity contribution in [2.45, 2.75) is 31.5 Å². The van der Waals surface area contributed by atoms with Crippen molar-refractivity contribution in [3.05, 3.63) is 87.4 Å². The summed E-state index contributed by atoms with van der Waals surface area (Å²) >= 11 is 11.9. The summed E-state index contributed by atoms with van der Waals surface area (Å²) < 4.78 is 41.5. The average molecular weight is 478 g/mol. The highest BCUT2D eigenvalue weighted by Crippen LogP contribution is 2.39. The van der Waals surface area contributed by atoms with Crippen LogP contribution in [0.15, 0.2) is 60.7 Å². The number of carbonyl (C=O) groups excluding carboxylic acids is 1. The molecule has 1 fully saturated rings. The Morgan fingerprint density at radius 2 is 1.69 bits per heavy atom. The van der Waals surface area contributed by atoms with Gasteiger partial charge in [-0.2, -0.15) is 13.2 Å². The Labute approximate surface area is 194 Å². The zero-order valence-corrected chi connectivity index (χ0v) is 18.4. The highest BCUT2D eigenvalue weighted by atomic mass is 35.5. The first kappa shape index (κ1) is 22.7. The zero-order valence-electron chi connectivity index (χ0n) is 16.9. The fourth-order valence-electron chi connectivity index (χ4n) is 3.72. The van der Waals surface area contributed by atoms with Crippen LogP contribution in [0.25, 0.3) is 16.8 Å². The monoisotopic (exact) mass is 477 g/mol. The molecule has 1 atom stereocenters. The van der Waals surface area contributed by atoms with Crippen LogP contribution in [0.1, 0.15) is 35.4 Å². The summed E-state index contributed by atoms with van der Waals surface area (Å²) in [5.41, 5.74) is 1.55. The minimum atomic E-state index is -4.51. The zero-order chi connectivity index (χ0) is 22.9. The molecule has 0 spiro atoms. The lowest BCUT2D eigenvalue weighted by molar-refractivity contribution is -0.139. The maximum absolute atomic E-state index is 13.8. The van der Waals surface area contributed by atoms with Crippen molar-refractivity contribution < 1.29 is 18.0 Å². The molecule has 0 radical (unpaired) electrons. The van der Waals surface area contributed by atoms with Gasteiger partial charge in [0, 0.05) is 22.5 Å². The average Bonchev–Trinajstić information content (AvgIpc) is 3.56. The van der Waals surface area contributed by atoms with E-state index >= 15 is 0 Å². The van der Waals surface area contributed by atoms with E-state index in [9.17, 15) is 18.0 Å². The van der Waals surface area contributed by atoms with Crippen LogP contribution in [0.4, 0.5) is 13.2 Å². The first-order chi connectivity index (χ1) is 15.2. The van der Waals surface area contributed by atoms with Crippen LogP contribution < -0.4 is 5.32 Å². The van der Waals surface area contributed by atoms with Crippen molar-refractivity contribution in [3.8, 4) is 0 Å². The van der Waals surface area contributed by atoms with Gasteiger partial charge in [0.2, 0.25) is 5.91 Å². The van der Waals surface area contributed by atoms with Gasteiger partial charge in [-0.05, 0) is 58.5 Å². The molecule has 166 valence electrons. The first-order valence-electron chi connectivity index (χ1n) is 10.2. The highest BCUT2D eigenvalue weighted by Gasteiger charge is 2.39. The third-order valence-corrected chi connectivity index (χ3v) is 5.95. The minimum Gasteiger partial charge on any atom is -0.352 e. The maximum atomic E-state index is 13.8. The topological polar surface area (TPSA) is 29.1 Å². The molecule has 32 heavy (non-hydrogen) atoms. The number of hydrogen-bond donors (Lipinski definition) is 1. The van der Waals surface area contributed by atoms with E-state index in [0.717, 1.165) is 35.3 Å². The predicted molar refractivity (Wildman–Crippen MR) is 123 cm³/mol. The van der Waals surface area contributed by atoms with E-state index in [4.69, 9.17) is 23.2 Å². The van der Waals surface area contributed by atoms with E-state index in [1.54, 1.807) is 6.07 Å². The molecule has 1 unspecified atom stereocenters. The second-order valence-corrected chi connectivity index (χ2v) is 8.81. The van der Waals surface area contributed by atoms with Gasteiger partial charge in [0.05, 0.1) is 5.92 Å². The van der Waals surface area contributed by atoms with E-state index in [1.807, 2.05) is 30.3 Å². The summed E-state index contributed by atoms with van der Waals surface area (Å²) in [6.07, 6.45) is -0.0590. The van der Waals surface area contributed by atoms with Crippen LogP contribution in [0.5, 0.6) is 0 Å². The second-order valence-electron chi connectivity index (χ2n) is 7.93. The molecule has 1 aliphatic carbocycles. The SMILES string of the molecule is O=C(NCc1ccc(/C=C/C(c2cc(Cl)cc(Cl)c2)C(F)(F)F)c2ccccc12)C1CC1. The fourth-order valence-corrected chi connectivity index (χ4v) is 4.26. The number of benzene rings is 3. The number of allylic oxidation sites excluding steroid dienone is 1. The van der Waals surface area contributed by atoms with Gasteiger partial charge in [-0.1, -0.05) is 71.8 Å². The first-order valence-corrected chi connectivity index (χ1v) is 11.0. The van der Waals surface area contributed by atoms with Crippen LogP contribution in [-0.2, 0) is 11.3 Å². The Balaban J connectivity index is 1.66. The van der Waals surface area contributed by atoms with E-state index in [0.29, 0.717) is 12.1 Å². The molecule has 3 aromatic carbocycles. The van der Waals surface area contributed by atoms with Crippen LogP contribution >= 0.6 is 23.2 Å². The molecule has 0 aromatic heterocycles. The highest BCUT2D eigenvalue weighted by molar-refractivity contribution is 6.34. The molecule has 0 heterocycles. The van der Waals surface area contributed by atoms with E-state index < -0.39 is 12.1 Å². The standard InChI is InChI=1S/C25H20Cl2F3NO/c26-19-11-18(12-20(27)13-19)23(25(28,29)30)10-9-15-5-8-17(14-31-24(32)16-6-7-16)22-4-2-1-3-21(15)22/h1-5,8-13,16,23H,6-7,14H2,(H,31,32)/b10-9+. The number of alkyl halides is 3. The molecule has 1 saturated carbocycles. The van der Waals surface area contributed by atoms with Gasteiger partial charge in [0.1, 0.15) is 0 Å². The second kappa shape index (κ2) is 9.16. The lowest BCUT2D eigenvalue weighted by Gasteiger charge is -2.18. The lowest BCUT2D eigenvalue weighted by Crippen LogP contribution is -2.24. The summed E-state index contributed by atoms with van der Waals surface area (Å²) in [5.74, 6) is -1.69. The Bertz CT molecular complexity index is 1170. The number of hydrogen-bond acceptors (Lipinski definition) is 1. The number of halogens is 5. The Kier molecular flexibility index (Phi) is 6.50. The molecule has 3 aromatic rings. The van der Waals surface area contributed by atoms with Crippen LogP contribution in [0.2, 0.25) is 10.0 Å². The molecule has 0 saturated heterocycles. The predicted octanol–water partition coefficient (Wildman–Crippen LogP) is 7.53. The summed E-state index contributed by atoms with van der Waals surface area (Å²) in [4.78, 5) is 12.0. The van der Waals surface area contributed by atoms with Crippen molar-refractivity contribution in [1.82, 2.24) is 5.32 Å². The van der Waals surface area contributed by atoms with Crippen molar-refractivity contribution in [2.24, 2.45) is 5.92 Å². The van der Waals surface area contributed by atoms with Crippen molar-refractivity contribution in [2.75, 3.05) is 0 Å². The summed E-state index contributed by atoms with van der Waals surface area (Å²) in [7, 11) is 0. The molecule has 1 aliphatic rings. The molecular weight excluding hydrogens is 458 g/mol. The molecule has 1 amide bonds. The smallest absolute Gasteiger partial charge is 0.352 e.